The average molecular weight is 172 g/mol. The van der Waals surface area contributed by atoms with Gasteiger partial charge in [-0.15, -0.1) is 0 Å². The van der Waals surface area contributed by atoms with Gasteiger partial charge in [-0.3, -0.25) is 0 Å². The van der Waals surface area contributed by atoms with Crippen LogP contribution in [0.1, 0.15) is 11.8 Å². The SMILES string of the molecule is Cn1cncc1C(O)C(O)CO. The van der Waals surface area contributed by atoms with Crippen molar-refractivity contribution in [1.29, 1.82) is 0 Å². The predicted molar refractivity (Wildman–Crippen MR) is 41.3 cm³/mol. The molecule has 0 aliphatic carbocycles. The molecule has 1 aromatic rings. The minimum Gasteiger partial charge on any atom is -0.394 e. The molecule has 0 aliphatic rings. The molecule has 5 nitrogen and oxygen atoms in total. The van der Waals surface area contributed by atoms with Gasteiger partial charge in [0, 0.05) is 7.05 Å². The van der Waals surface area contributed by atoms with Crippen LogP contribution >= 0.6 is 0 Å². The van der Waals surface area contributed by atoms with Gasteiger partial charge in [0.15, 0.2) is 0 Å². The van der Waals surface area contributed by atoms with Crippen LogP contribution in [0.3, 0.4) is 0 Å². The third-order valence-electron chi connectivity index (χ3n) is 1.71. The first kappa shape index (κ1) is 9.18. The fourth-order valence-corrected chi connectivity index (χ4v) is 0.949. The van der Waals surface area contributed by atoms with Crippen LogP contribution in [0.4, 0.5) is 0 Å². The van der Waals surface area contributed by atoms with Gasteiger partial charge >= 0.3 is 0 Å². The van der Waals surface area contributed by atoms with E-state index in [1.165, 1.54) is 12.5 Å². The van der Waals surface area contributed by atoms with E-state index >= 15 is 0 Å². The number of aliphatic hydroxyl groups excluding tert-OH is 3. The zero-order chi connectivity index (χ0) is 9.14. The van der Waals surface area contributed by atoms with Gasteiger partial charge < -0.3 is 19.9 Å². The summed E-state index contributed by atoms with van der Waals surface area (Å²) in [6, 6.07) is 0. The normalized spacial score (nSPS) is 16.0. The first-order chi connectivity index (χ1) is 5.66. The Balaban J connectivity index is 2.77. The van der Waals surface area contributed by atoms with E-state index in [0.717, 1.165) is 0 Å². The highest BCUT2D eigenvalue weighted by molar-refractivity contribution is 5.03. The second kappa shape index (κ2) is 3.66. The van der Waals surface area contributed by atoms with Gasteiger partial charge in [-0.25, -0.2) is 4.98 Å². The lowest BCUT2D eigenvalue weighted by Crippen LogP contribution is -2.23. The van der Waals surface area contributed by atoms with E-state index in [1.54, 1.807) is 11.6 Å². The van der Waals surface area contributed by atoms with Crippen molar-refractivity contribution in [1.82, 2.24) is 9.55 Å². The number of aliphatic hydroxyl groups is 3. The lowest BCUT2D eigenvalue weighted by molar-refractivity contribution is -0.0185. The molecule has 0 saturated heterocycles. The van der Waals surface area contributed by atoms with Crippen LogP contribution in [0.25, 0.3) is 0 Å². The number of imidazole rings is 1. The second-order valence-electron chi connectivity index (χ2n) is 2.62. The fourth-order valence-electron chi connectivity index (χ4n) is 0.949. The Morgan fingerprint density at radius 2 is 2.25 bits per heavy atom. The molecule has 12 heavy (non-hydrogen) atoms. The molecule has 1 heterocycles. The lowest BCUT2D eigenvalue weighted by atomic mass is 10.1. The molecule has 2 atom stereocenters. The molecule has 0 spiro atoms. The van der Waals surface area contributed by atoms with E-state index in [-0.39, 0.29) is 0 Å². The van der Waals surface area contributed by atoms with Crippen LogP contribution < -0.4 is 0 Å². The number of hydrogen-bond acceptors (Lipinski definition) is 4. The molecule has 0 aromatic carbocycles. The van der Waals surface area contributed by atoms with Gasteiger partial charge in [0.05, 0.1) is 24.8 Å². The van der Waals surface area contributed by atoms with Gasteiger partial charge in [0.2, 0.25) is 0 Å². The number of aromatic nitrogens is 2. The maximum atomic E-state index is 9.39. The lowest BCUT2D eigenvalue weighted by Gasteiger charge is -2.15. The van der Waals surface area contributed by atoms with Crippen LogP contribution in [0, 0.1) is 0 Å². The molecule has 68 valence electrons. The van der Waals surface area contributed by atoms with E-state index in [4.69, 9.17) is 10.2 Å². The molecule has 0 radical (unpaired) electrons. The summed E-state index contributed by atoms with van der Waals surface area (Å²) in [7, 11) is 1.70. The van der Waals surface area contributed by atoms with Gasteiger partial charge in [0.25, 0.3) is 0 Å². The van der Waals surface area contributed by atoms with Crippen molar-refractivity contribution >= 4 is 0 Å². The molecule has 0 fully saturated rings. The topological polar surface area (TPSA) is 78.5 Å². The van der Waals surface area contributed by atoms with Crippen LogP contribution in [0.2, 0.25) is 0 Å². The first-order valence-electron chi connectivity index (χ1n) is 3.60. The average Bonchev–Trinajstić information content (AvgIpc) is 2.48. The van der Waals surface area contributed by atoms with Gasteiger partial charge in [-0.05, 0) is 0 Å². The Labute approximate surface area is 69.9 Å². The van der Waals surface area contributed by atoms with E-state index in [1.807, 2.05) is 0 Å². The summed E-state index contributed by atoms with van der Waals surface area (Å²) in [5.41, 5.74) is 0.483. The Morgan fingerprint density at radius 1 is 1.58 bits per heavy atom. The monoisotopic (exact) mass is 172 g/mol. The molecule has 2 unspecified atom stereocenters. The quantitative estimate of drug-likeness (QED) is 0.535. The third kappa shape index (κ3) is 1.63. The number of rotatable bonds is 3. The van der Waals surface area contributed by atoms with Crippen molar-refractivity contribution in [2.45, 2.75) is 12.2 Å². The molecule has 5 heteroatoms. The summed E-state index contributed by atoms with van der Waals surface area (Å²) in [6.45, 7) is -0.466. The van der Waals surface area contributed by atoms with Crippen molar-refractivity contribution in [2.24, 2.45) is 7.05 Å². The Kier molecular flexibility index (Phi) is 2.80. The van der Waals surface area contributed by atoms with Crippen LogP contribution in [0.15, 0.2) is 12.5 Å². The smallest absolute Gasteiger partial charge is 0.124 e. The molecule has 3 N–H and O–H groups in total. The molecular formula is C7H12N2O3. The van der Waals surface area contributed by atoms with Gasteiger partial charge in [-0.1, -0.05) is 0 Å². The minimum atomic E-state index is -1.15. The van der Waals surface area contributed by atoms with Crippen LogP contribution in [-0.2, 0) is 7.05 Å². The van der Waals surface area contributed by atoms with Crippen LogP contribution in [-0.4, -0.2) is 37.6 Å². The third-order valence-corrected chi connectivity index (χ3v) is 1.71. The van der Waals surface area contributed by atoms with Crippen LogP contribution in [0.5, 0.6) is 0 Å². The van der Waals surface area contributed by atoms with Crippen molar-refractivity contribution in [3.05, 3.63) is 18.2 Å². The Morgan fingerprint density at radius 3 is 2.67 bits per heavy atom. The van der Waals surface area contributed by atoms with Crippen molar-refractivity contribution in [3.63, 3.8) is 0 Å². The predicted octanol–water partition coefficient (Wildman–Crippen LogP) is -1.19. The standard InChI is InChI=1S/C7H12N2O3/c1-9-4-8-2-5(9)7(12)6(11)3-10/h2,4,6-7,10-12H,3H2,1H3. The largest absolute Gasteiger partial charge is 0.394 e. The highest BCUT2D eigenvalue weighted by Gasteiger charge is 2.19. The zero-order valence-corrected chi connectivity index (χ0v) is 6.75. The van der Waals surface area contributed by atoms with Crippen molar-refractivity contribution in [3.8, 4) is 0 Å². The van der Waals surface area contributed by atoms with E-state index < -0.39 is 18.8 Å². The second-order valence-corrected chi connectivity index (χ2v) is 2.62. The summed E-state index contributed by atoms with van der Waals surface area (Å²) in [5, 5.41) is 27.0. The molecule has 1 rings (SSSR count). The highest BCUT2D eigenvalue weighted by Crippen LogP contribution is 2.14. The van der Waals surface area contributed by atoms with E-state index in [0.29, 0.717) is 5.69 Å². The highest BCUT2D eigenvalue weighted by atomic mass is 16.4. The Hall–Kier alpha value is -0.910. The zero-order valence-electron chi connectivity index (χ0n) is 6.75. The number of hydrogen-bond donors (Lipinski definition) is 3. The molecule has 0 aliphatic heterocycles. The van der Waals surface area contributed by atoms with Crippen molar-refractivity contribution < 1.29 is 15.3 Å². The molecule has 1 aromatic heterocycles. The summed E-state index contributed by atoms with van der Waals surface area (Å²) in [5.74, 6) is 0. The summed E-state index contributed by atoms with van der Waals surface area (Å²) >= 11 is 0. The first-order valence-corrected chi connectivity index (χ1v) is 3.60. The van der Waals surface area contributed by atoms with Crippen molar-refractivity contribution in [2.75, 3.05) is 6.61 Å². The van der Waals surface area contributed by atoms with E-state index in [2.05, 4.69) is 4.98 Å². The summed E-state index contributed by atoms with van der Waals surface area (Å²) < 4.78 is 1.59. The molecule has 0 amide bonds. The van der Waals surface area contributed by atoms with Gasteiger partial charge in [0.1, 0.15) is 12.2 Å². The fraction of sp³-hybridized carbons (Fsp3) is 0.571. The Bertz CT molecular complexity index is 249. The molecular weight excluding hydrogens is 160 g/mol. The van der Waals surface area contributed by atoms with E-state index in [9.17, 15) is 5.11 Å². The maximum Gasteiger partial charge on any atom is 0.124 e. The molecule has 0 bridgehead atoms. The number of nitrogens with zero attached hydrogens (tertiary/aromatic N) is 2. The summed E-state index contributed by atoms with van der Waals surface area (Å²) in [4.78, 5) is 3.77. The molecule has 0 saturated carbocycles. The maximum absolute atomic E-state index is 9.39. The minimum absolute atomic E-state index is 0.466. The number of aryl methyl sites for hydroxylation is 1. The van der Waals surface area contributed by atoms with Gasteiger partial charge in [-0.2, -0.15) is 0 Å². The summed E-state index contributed by atoms with van der Waals surface area (Å²) in [6.07, 6.45) is 0.731.